The summed E-state index contributed by atoms with van der Waals surface area (Å²) < 4.78 is 0. The molecule has 2 rings (SSSR count). The summed E-state index contributed by atoms with van der Waals surface area (Å²) in [5, 5.41) is 10.5. The minimum atomic E-state index is -0.417. The first-order chi connectivity index (χ1) is 10.5. The smallest absolute Gasteiger partial charge is 0.269 e. The highest BCUT2D eigenvalue weighted by atomic mass is 32.2. The topological polar surface area (TPSA) is 63.5 Å². The molecular formula is C16H22N2O3S. The van der Waals surface area contributed by atoms with Crippen molar-refractivity contribution >= 4 is 23.4 Å². The lowest BCUT2D eigenvalue weighted by Gasteiger charge is -2.32. The number of hydrogen-bond acceptors (Lipinski definition) is 4. The lowest BCUT2D eigenvalue weighted by atomic mass is 9.94. The Kier molecular flexibility index (Phi) is 5.83. The molecule has 0 heterocycles. The Hall–Kier alpha value is -1.56. The number of carbonyl (C=O) groups excluding carboxylic acids is 1. The lowest BCUT2D eigenvalue weighted by Crippen LogP contribution is -2.42. The second kappa shape index (κ2) is 7.63. The van der Waals surface area contributed by atoms with Crippen LogP contribution < -0.4 is 0 Å². The Morgan fingerprint density at radius 2 is 1.86 bits per heavy atom. The molecule has 0 spiro atoms. The van der Waals surface area contributed by atoms with Gasteiger partial charge in [0.05, 0.1) is 10.2 Å². The molecule has 1 aromatic rings. The molecule has 6 heteroatoms. The molecule has 0 aromatic heterocycles. The summed E-state index contributed by atoms with van der Waals surface area (Å²) in [6.45, 7) is 1.90. The van der Waals surface area contributed by atoms with E-state index in [4.69, 9.17) is 0 Å². The molecule has 0 aliphatic heterocycles. The quantitative estimate of drug-likeness (QED) is 0.469. The summed E-state index contributed by atoms with van der Waals surface area (Å²) in [7, 11) is 1.89. The highest BCUT2D eigenvalue weighted by Crippen LogP contribution is 2.28. The maximum atomic E-state index is 12.5. The Labute approximate surface area is 135 Å². The second-order valence-corrected chi connectivity index (χ2v) is 7.17. The molecule has 0 saturated heterocycles. The van der Waals surface area contributed by atoms with Crippen LogP contribution in [-0.4, -0.2) is 34.1 Å². The maximum Gasteiger partial charge on any atom is 0.269 e. The van der Waals surface area contributed by atoms with Gasteiger partial charge in [0, 0.05) is 30.1 Å². The maximum absolute atomic E-state index is 12.5. The standard InChI is InChI=1S/C16H22N2O3S/c1-12(16(19)17(2)13-6-4-3-5-7-13)22-15-10-8-14(9-11-15)18(20)21/h8-13H,3-7H2,1-2H3. The van der Waals surface area contributed by atoms with Crippen molar-refractivity contribution in [2.24, 2.45) is 0 Å². The molecule has 0 radical (unpaired) electrons. The van der Waals surface area contributed by atoms with E-state index in [0.29, 0.717) is 6.04 Å². The van der Waals surface area contributed by atoms with Gasteiger partial charge in [-0.3, -0.25) is 14.9 Å². The number of rotatable bonds is 5. The number of thioether (sulfide) groups is 1. The summed E-state index contributed by atoms with van der Waals surface area (Å²) >= 11 is 1.45. The second-order valence-electron chi connectivity index (χ2n) is 5.75. The summed E-state index contributed by atoms with van der Waals surface area (Å²) in [5.74, 6) is 0.134. The van der Waals surface area contributed by atoms with Crippen molar-refractivity contribution in [3.05, 3.63) is 34.4 Å². The molecule has 1 atom stereocenters. The molecule has 1 aliphatic carbocycles. The fourth-order valence-electron chi connectivity index (χ4n) is 2.84. The molecule has 1 unspecified atom stereocenters. The fraction of sp³-hybridized carbons (Fsp3) is 0.562. The third-order valence-electron chi connectivity index (χ3n) is 4.18. The Morgan fingerprint density at radius 3 is 2.41 bits per heavy atom. The zero-order valence-electron chi connectivity index (χ0n) is 13.0. The molecule has 0 bridgehead atoms. The zero-order valence-corrected chi connectivity index (χ0v) is 13.8. The average molecular weight is 322 g/mol. The van der Waals surface area contributed by atoms with E-state index in [0.717, 1.165) is 17.7 Å². The molecular weight excluding hydrogens is 300 g/mol. The van der Waals surface area contributed by atoms with Crippen molar-refractivity contribution in [3.8, 4) is 0 Å². The number of nitro benzene ring substituents is 1. The van der Waals surface area contributed by atoms with Gasteiger partial charge in [-0.15, -0.1) is 11.8 Å². The van der Waals surface area contributed by atoms with Crippen molar-refractivity contribution in [1.82, 2.24) is 4.90 Å². The molecule has 22 heavy (non-hydrogen) atoms. The van der Waals surface area contributed by atoms with E-state index in [1.54, 1.807) is 12.1 Å². The first kappa shape index (κ1) is 16.8. The van der Waals surface area contributed by atoms with Crippen LogP contribution in [-0.2, 0) is 4.79 Å². The highest BCUT2D eigenvalue weighted by molar-refractivity contribution is 8.00. The number of hydrogen-bond donors (Lipinski definition) is 0. The molecule has 1 amide bonds. The van der Waals surface area contributed by atoms with Crippen molar-refractivity contribution in [1.29, 1.82) is 0 Å². The van der Waals surface area contributed by atoms with Crippen LogP contribution in [0.25, 0.3) is 0 Å². The molecule has 5 nitrogen and oxygen atoms in total. The Morgan fingerprint density at radius 1 is 1.27 bits per heavy atom. The van der Waals surface area contributed by atoms with Gasteiger partial charge < -0.3 is 4.90 Å². The van der Waals surface area contributed by atoms with E-state index in [1.165, 1.54) is 43.2 Å². The van der Waals surface area contributed by atoms with Gasteiger partial charge in [0.2, 0.25) is 5.91 Å². The minimum absolute atomic E-state index is 0.0719. The monoisotopic (exact) mass is 322 g/mol. The number of amides is 1. The normalized spacial score (nSPS) is 17.0. The van der Waals surface area contributed by atoms with Crippen LogP contribution in [0, 0.1) is 10.1 Å². The minimum Gasteiger partial charge on any atom is -0.342 e. The zero-order chi connectivity index (χ0) is 16.1. The molecule has 1 fully saturated rings. The molecule has 0 N–H and O–H groups in total. The Balaban J connectivity index is 1.93. The van der Waals surface area contributed by atoms with Gasteiger partial charge in [0.1, 0.15) is 0 Å². The van der Waals surface area contributed by atoms with Crippen LogP contribution in [0.1, 0.15) is 39.0 Å². The summed E-state index contributed by atoms with van der Waals surface area (Å²) in [4.78, 5) is 25.5. The van der Waals surface area contributed by atoms with E-state index >= 15 is 0 Å². The predicted molar refractivity (Wildman–Crippen MR) is 88.1 cm³/mol. The number of benzene rings is 1. The predicted octanol–water partition coefficient (Wildman–Crippen LogP) is 3.87. The first-order valence-corrected chi connectivity index (χ1v) is 8.55. The van der Waals surface area contributed by atoms with Crippen molar-refractivity contribution < 1.29 is 9.72 Å². The van der Waals surface area contributed by atoms with E-state index in [2.05, 4.69) is 0 Å². The van der Waals surface area contributed by atoms with E-state index < -0.39 is 4.92 Å². The number of carbonyl (C=O) groups is 1. The van der Waals surface area contributed by atoms with Gasteiger partial charge in [-0.2, -0.15) is 0 Å². The molecule has 120 valence electrons. The van der Waals surface area contributed by atoms with Crippen LogP contribution in [0.5, 0.6) is 0 Å². The lowest BCUT2D eigenvalue weighted by molar-refractivity contribution is -0.384. The average Bonchev–Trinajstić information content (AvgIpc) is 2.54. The van der Waals surface area contributed by atoms with Crippen molar-refractivity contribution in [2.45, 2.75) is 55.2 Å². The SMILES string of the molecule is CC(Sc1ccc([N+](=O)[O-])cc1)C(=O)N(C)C1CCCCC1. The van der Waals surface area contributed by atoms with Gasteiger partial charge in [0.15, 0.2) is 0 Å². The van der Waals surface area contributed by atoms with E-state index in [1.807, 2.05) is 18.9 Å². The summed E-state index contributed by atoms with van der Waals surface area (Å²) in [6.07, 6.45) is 5.86. The van der Waals surface area contributed by atoms with E-state index in [-0.39, 0.29) is 16.8 Å². The Bertz CT molecular complexity index is 527. The van der Waals surface area contributed by atoms with Gasteiger partial charge in [-0.25, -0.2) is 0 Å². The van der Waals surface area contributed by atoms with Gasteiger partial charge in [-0.05, 0) is 31.9 Å². The number of nitro groups is 1. The van der Waals surface area contributed by atoms with Crippen molar-refractivity contribution in [2.75, 3.05) is 7.05 Å². The number of nitrogens with zero attached hydrogens (tertiary/aromatic N) is 2. The third kappa shape index (κ3) is 4.22. The first-order valence-electron chi connectivity index (χ1n) is 7.67. The van der Waals surface area contributed by atoms with Crippen LogP contribution in [0.4, 0.5) is 5.69 Å². The van der Waals surface area contributed by atoms with Crippen LogP contribution in [0.3, 0.4) is 0 Å². The van der Waals surface area contributed by atoms with Crippen LogP contribution in [0.15, 0.2) is 29.2 Å². The molecule has 1 aliphatic rings. The fourth-order valence-corrected chi connectivity index (χ4v) is 3.80. The highest BCUT2D eigenvalue weighted by Gasteiger charge is 2.26. The van der Waals surface area contributed by atoms with Crippen LogP contribution >= 0.6 is 11.8 Å². The summed E-state index contributed by atoms with van der Waals surface area (Å²) in [5.41, 5.74) is 0.0719. The summed E-state index contributed by atoms with van der Waals surface area (Å²) in [6, 6.07) is 6.72. The van der Waals surface area contributed by atoms with Gasteiger partial charge in [0.25, 0.3) is 5.69 Å². The largest absolute Gasteiger partial charge is 0.342 e. The van der Waals surface area contributed by atoms with Gasteiger partial charge >= 0.3 is 0 Å². The van der Waals surface area contributed by atoms with Crippen molar-refractivity contribution in [3.63, 3.8) is 0 Å². The van der Waals surface area contributed by atoms with E-state index in [9.17, 15) is 14.9 Å². The van der Waals surface area contributed by atoms with Gasteiger partial charge in [-0.1, -0.05) is 19.3 Å². The molecule has 1 saturated carbocycles. The van der Waals surface area contributed by atoms with Crippen LogP contribution in [0.2, 0.25) is 0 Å². The third-order valence-corrected chi connectivity index (χ3v) is 5.28. The molecule has 1 aromatic carbocycles. The number of non-ortho nitro benzene ring substituents is 1.